The average Bonchev–Trinajstić information content (AvgIpc) is 3.18. The van der Waals surface area contributed by atoms with Gasteiger partial charge in [-0.15, -0.1) is 0 Å². The van der Waals surface area contributed by atoms with E-state index in [1.165, 1.54) is 32.1 Å². The minimum absolute atomic E-state index is 0.144. The van der Waals surface area contributed by atoms with Crippen molar-refractivity contribution >= 4 is 22.1 Å². The number of unbranched alkanes of at least 4 members (excludes halogenated alkanes) is 13. The highest BCUT2D eigenvalue weighted by molar-refractivity contribution is 7.85. The minimum Gasteiger partial charge on any atom is -0.462 e. The van der Waals surface area contributed by atoms with Crippen molar-refractivity contribution in [3.8, 4) is 0 Å². The molecule has 58 heavy (non-hydrogen) atoms. The number of esters is 2. The van der Waals surface area contributed by atoms with Crippen molar-refractivity contribution in [2.75, 3.05) is 19.0 Å². The van der Waals surface area contributed by atoms with E-state index in [0.29, 0.717) is 12.8 Å². The molecule has 0 aromatic rings. The van der Waals surface area contributed by atoms with Crippen LogP contribution in [0.25, 0.3) is 0 Å². The fraction of sp³-hybridized carbons (Fsp3) is 0.733. The van der Waals surface area contributed by atoms with Crippen LogP contribution in [0.4, 0.5) is 0 Å². The van der Waals surface area contributed by atoms with Gasteiger partial charge in [0.2, 0.25) is 0 Å². The molecule has 4 N–H and O–H groups in total. The van der Waals surface area contributed by atoms with Crippen LogP contribution in [0.5, 0.6) is 0 Å². The van der Waals surface area contributed by atoms with Crippen molar-refractivity contribution in [3.05, 3.63) is 60.8 Å². The zero-order valence-corrected chi connectivity index (χ0v) is 36.2. The summed E-state index contributed by atoms with van der Waals surface area (Å²) in [5, 5.41) is 30.8. The minimum atomic E-state index is -4.61. The second-order valence-electron chi connectivity index (χ2n) is 15.0. The van der Waals surface area contributed by atoms with E-state index in [9.17, 15) is 37.9 Å². The highest BCUT2D eigenvalue weighted by Gasteiger charge is 2.46. The molecule has 12 nitrogen and oxygen atoms in total. The Balaban J connectivity index is 2.50. The predicted octanol–water partition coefficient (Wildman–Crippen LogP) is 8.56. The fourth-order valence-corrected chi connectivity index (χ4v) is 6.82. The summed E-state index contributed by atoms with van der Waals surface area (Å²) in [5.41, 5.74) is 0. The van der Waals surface area contributed by atoms with Crippen molar-refractivity contribution in [2.24, 2.45) is 0 Å². The van der Waals surface area contributed by atoms with Crippen molar-refractivity contribution in [1.82, 2.24) is 0 Å². The topological polar surface area (TPSA) is 186 Å². The van der Waals surface area contributed by atoms with Crippen LogP contribution in [0.15, 0.2) is 60.8 Å². The summed E-state index contributed by atoms with van der Waals surface area (Å²) >= 11 is 0. The van der Waals surface area contributed by atoms with Gasteiger partial charge in [-0.25, -0.2) is 0 Å². The Bertz CT molecular complexity index is 1310. The maximum Gasteiger partial charge on any atom is 0.306 e. The first kappa shape index (κ1) is 53.4. The number of ether oxygens (including phenoxy) is 4. The third kappa shape index (κ3) is 29.5. The van der Waals surface area contributed by atoms with E-state index in [0.717, 1.165) is 83.5 Å². The molecule has 334 valence electrons. The van der Waals surface area contributed by atoms with E-state index >= 15 is 0 Å². The second kappa shape index (κ2) is 35.1. The first-order chi connectivity index (χ1) is 28.0. The third-order valence-corrected chi connectivity index (χ3v) is 10.3. The summed E-state index contributed by atoms with van der Waals surface area (Å²) in [5.74, 6) is -2.04. The lowest BCUT2D eigenvalue weighted by molar-refractivity contribution is -0.297. The molecule has 1 aliphatic rings. The molecule has 0 amide bonds. The van der Waals surface area contributed by atoms with Gasteiger partial charge >= 0.3 is 11.9 Å². The lowest BCUT2D eigenvalue weighted by atomic mass is 10.00. The second-order valence-corrected chi connectivity index (χ2v) is 16.5. The molecule has 1 heterocycles. The van der Waals surface area contributed by atoms with Gasteiger partial charge in [0.05, 0.1) is 6.61 Å². The number of aliphatic hydroxyl groups excluding tert-OH is 3. The number of rotatable bonds is 35. The van der Waals surface area contributed by atoms with Crippen molar-refractivity contribution in [2.45, 2.75) is 192 Å². The molecule has 1 aliphatic heterocycles. The summed E-state index contributed by atoms with van der Waals surface area (Å²) in [6, 6.07) is 0. The molecule has 6 atom stereocenters. The summed E-state index contributed by atoms with van der Waals surface area (Å²) in [6.07, 6.45) is 32.6. The molecule has 13 heteroatoms. The SMILES string of the molecule is CCC/C=C/C/C=C/C/C=C/C/C=C/CCCCCC(=O)OC[C@H](CO[C@H]1O[C@H](CS(=O)(=O)O)[C@@H](O)C(O)C1O)OC(=O)CCCCCCC/C=C/CCCCCC. The smallest absolute Gasteiger partial charge is 0.306 e. The Morgan fingerprint density at radius 1 is 0.586 bits per heavy atom. The van der Waals surface area contributed by atoms with E-state index in [-0.39, 0.29) is 19.4 Å². The third-order valence-electron chi connectivity index (χ3n) is 9.55. The quantitative estimate of drug-likeness (QED) is 0.0207. The molecule has 0 aromatic carbocycles. The normalized spacial score (nSPS) is 21.0. The number of hydrogen-bond donors (Lipinski definition) is 4. The lowest BCUT2D eigenvalue weighted by Gasteiger charge is -2.40. The summed E-state index contributed by atoms with van der Waals surface area (Å²) in [4.78, 5) is 25.3. The maximum atomic E-state index is 12.8. The predicted molar refractivity (Wildman–Crippen MR) is 229 cm³/mol. The Morgan fingerprint density at radius 3 is 1.64 bits per heavy atom. The van der Waals surface area contributed by atoms with Gasteiger partial charge in [-0.2, -0.15) is 8.42 Å². The molecule has 0 spiro atoms. The first-order valence-corrected chi connectivity index (χ1v) is 23.5. The Morgan fingerprint density at radius 2 is 1.07 bits per heavy atom. The van der Waals surface area contributed by atoms with Gasteiger partial charge < -0.3 is 34.3 Å². The van der Waals surface area contributed by atoms with Crippen molar-refractivity contribution < 1.29 is 56.8 Å². The molecule has 0 saturated carbocycles. The first-order valence-electron chi connectivity index (χ1n) is 21.8. The van der Waals surface area contributed by atoms with Gasteiger partial charge in [0.1, 0.15) is 36.8 Å². The molecule has 0 aromatic heterocycles. The van der Waals surface area contributed by atoms with E-state index < -0.39 is 71.2 Å². The van der Waals surface area contributed by atoms with Gasteiger partial charge in [0.15, 0.2) is 12.4 Å². The summed E-state index contributed by atoms with van der Waals surface area (Å²) in [6.45, 7) is 3.62. The number of carbonyl (C=O) groups excluding carboxylic acids is 2. The van der Waals surface area contributed by atoms with E-state index in [1.54, 1.807) is 0 Å². The molecule has 0 bridgehead atoms. The number of allylic oxidation sites excluding steroid dienone is 10. The van der Waals surface area contributed by atoms with Crippen LogP contribution in [-0.4, -0.2) is 96.0 Å². The van der Waals surface area contributed by atoms with Crippen LogP contribution < -0.4 is 0 Å². The van der Waals surface area contributed by atoms with E-state index in [4.69, 9.17) is 18.9 Å². The molecule has 0 radical (unpaired) electrons. The molecule has 1 fully saturated rings. The zero-order valence-electron chi connectivity index (χ0n) is 35.4. The van der Waals surface area contributed by atoms with Crippen LogP contribution in [0.2, 0.25) is 0 Å². The standard InChI is InChI=1S/C45H76O12S/c1-3-5-7-9-11-13-15-17-18-19-20-22-23-25-27-29-31-33-40(46)54-35-38(36-55-45-44(50)43(49)42(48)39(57-45)37-58(51,52)53)56-41(47)34-32-30-28-26-24-21-16-14-12-10-8-6-4-2/h7,9,13-16,18-19,22-23,38-39,42-45,48-50H,3-6,8,10-12,17,20-21,24-37H2,1-2H3,(H,51,52,53)/b9-7+,15-13+,16-14+,19-18+,23-22+/t38-,39-,42-,43?,44?,45+/m1/s1. The largest absolute Gasteiger partial charge is 0.462 e. The Kier molecular flexibility index (Phi) is 32.3. The molecular formula is C45H76O12S. The van der Waals surface area contributed by atoms with Gasteiger partial charge in [0.25, 0.3) is 10.1 Å². The Labute approximate surface area is 349 Å². The monoisotopic (exact) mass is 841 g/mol. The highest BCUT2D eigenvalue weighted by atomic mass is 32.2. The molecule has 1 rings (SSSR count). The molecule has 2 unspecified atom stereocenters. The number of aliphatic hydroxyl groups is 3. The van der Waals surface area contributed by atoms with Crippen LogP contribution >= 0.6 is 0 Å². The van der Waals surface area contributed by atoms with Crippen molar-refractivity contribution in [3.63, 3.8) is 0 Å². The van der Waals surface area contributed by atoms with Crippen LogP contribution in [0, 0.1) is 0 Å². The van der Waals surface area contributed by atoms with Crippen LogP contribution in [0.3, 0.4) is 0 Å². The maximum absolute atomic E-state index is 12.8. The zero-order chi connectivity index (χ0) is 42.7. The van der Waals surface area contributed by atoms with Crippen molar-refractivity contribution in [1.29, 1.82) is 0 Å². The van der Waals surface area contributed by atoms with Gasteiger partial charge in [-0.3, -0.25) is 14.1 Å². The van der Waals surface area contributed by atoms with Gasteiger partial charge in [0, 0.05) is 12.8 Å². The molecule has 1 saturated heterocycles. The molecule has 0 aliphatic carbocycles. The lowest BCUT2D eigenvalue weighted by Crippen LogP contribution is -2.60. The average molecular weight is 841 g/mol. The number of carbonyl (C=O) groups is 2. The summed E-state index contributed by atoms with van der Waals surface area (Å²) < 4.78 is 53.9. The van der Waals surface area contributed by atoms with E-state index in [2.05, 4.69) is 74.6 Å². The van der Waals surface area contributed by atoms with Gasteiger partial charge in [-0.05, 0) is 77.0 Å². The fourth-order valence-electron chi connectivity index (χ4n) is 6.13. The van der Waals surface area contributed by atoms with Crippen LogP contribution in [-0.2, 0) is 38.7 Å². The molecular weight excluding hydrogens is 765 g/mol. The van der Waals surface area contributed by atoms with Gasteiger partial charge in [-0.1, -0.05) is 126 Å². The number of hydrogen-bond acceptors (Lipinski definition) is 11. The van der Waals surface area contributed by atoms with E-state index in [1.807, 2.05) is 0 Å². The van der Waals surface area contributed by atoms with Crippen LogP contribution in [0.1, 0.15) is 155 Å². The highest BCUT2D eigenvalue weighted by Crippen LogP contribution is 2.24. The Hall–Kier alpha value is -2.65. The summed E-state index contributed by atoms with van der Waals surface area (Å²) in [7, 11) is -4.61.